The fourth-order valence-corrected chi connectivity index (χ4v) is 1.59. The van der Waals surface area contributed by atoms with E-state index in [0.29, 0.717) is 5.69 Å². The number of hydrogen-bond donors (Lipinski definition) is 0. The highest BCUT2D eigenvalue weighted by Crippen LogP contribution is 2.09. The molecule has 0 atom stereocenters. The predicted molar refractivity (Wildman–Crippen MR) is 62.5 cm³/mol. The Labute approximate surface area is 105 Å². The zero-order valence-corrected chi connectivity index (χ0v) is 11.2. The third-order valence-corrected chi connectivity index (χ3v) is 2.53. The van der Waals surface area contributed by atoms with E-state index in [1.807, 2.05) is 0 Å². The summed E-state index contributed by atoms with van der Waals surface area (Å²) in [5, 5.41) is 0. The first-order valence-corrected chi connectivity index (χ1v) is 6.81. The van der Waals surface area contributed by atoms with Crippen molar-refractivity contribution < 1.29 is 21.8 Å². The van der Waals surface area contributed by atoms with Crippen molar-refractivity contribution in [2.75, 3.05) is 5.75 Å². The SMILES string of the molecule is CC(C)(C)OC(=O)n1cnc(CCS(=O)(=O)F)c1. The van der Waals surface area contributed by atoms with Crippen molar-refractivity contribution in [3.8, 4) is 0 Å². The molecule has 0 saturated carbocycles. The zero-order chi connectivity index (χ0) is 14.0. The van der Waals surface area contributed by atoms with E-state index in [1.54, 1.807) is 20.8 Å². The molecule has 0 fully saturated rings. The van der Waals surface area contributed by atoms with Crippen LogP contribution in [0.2, 0.25) is 0 Å². The number of carbonyl (C=O) groups excluding carboxylic acids is 1. The van der Waals surface area contributed by atoms with Crippen LogP contribution in [-0.4, -0.2) is 35.4 Å². The van der Waals surface area contributed by atoms with E-state index in [-0.39, 0.29) is 6.42 Å². The number of hydrogen-bond acceptors (Lipinski definition) is 5. The van der Waals surface area contributed by atoms with Gasteiger partial charge in [0, 0.05) is 12.6 Å². The normalized spacial score (nSPS) is 12.4. The summed E-state index contributed by atoms with van der Waals surface area (Å²) in [5.41, 5.74) is -0.328. The first-order chi connectivity index (χ1) is 8.07. The van der Waals surface area contributed by atoms with E-state index in [1.165, 1.54) is 12.5 Å². The Morgan fingerprint density at radius 1 is 1.50 bits per heavy atom. The largest absolute Gasteiger partial charge is 0.443 e. The van der Waals surface area contributed by atoms with Crippen molar-refractivity contribution >= 4 is 16.3 Å². The summed E-state index contributed by atoms with van der Waals surface area (Å²) in [5.74, 6) is -0.654. The van der Waals surface area contributed by atoms with Crippen LogP contribution in [0.1, 0.15) is 26.5 Å². The second kappa shape index (κ2) is 5.05. The smallest absolute Gasteiger partial charge is 0.419 e. The van der Waals surface area contributed by atoms with Crippen LogP contribution in [0.3, 0.4) is 0 Å². The third kappa shape index (κ3) is 5.26. The minimum absolute atomic E-state index is 0.0887. The van der Waals surface area contributed by atoms with Crippen LogP contribution in [0.5, 0.6) is 0 Å². The molecule has 1 heterocycles. The molecule has 0 radical (unpaired) electrons. The number of nitrogens with zero attached hydrogens (tertiary/aromatic N) is 2. The summed E-state index contributed by atoms with van der Waals surface area (Å²) in [6.07, 6.45) is 1.81. The zero-order valence-electron chi connectivity index (χ0n) is 10.4. The molecule has 0 aliphatic carbocycles. The van der Waals surface area contributed by atoms with Crippen molar-refractivity contribution in [2.24, 2.45) is 0 Å². The van der Waals surface area contributed by atoms with Crippen LogP contribution < -0.4 is 0 Å². The number of rotatable bonds is 3. The second-order valence-electron chi connectivity index (χ2n) is 4.75. The molecule has 0 bridgehead atoms. The Balaban J connectivity index is 2.66. The Hall–Kier alpha value is -1.44. The standard InChI is InChI=1S/C10H15FN2O4S/c1-10(2,3)17-9(14)13-6-8(12-7-13)4-5-18(11,15)16/h6-7H,4-5H2,1-3H3. The van der Waals surface area contributed by atoms with Crippen molar-refractivity contribution in [1.82, 2.24) is 9.55 Å². The van der Waals surface area contributed by atoms with Crippen LogP contribution in [-0.2, 0) is 21.4 Å². The summed E-state index contributed by atoms with van der Waals surface area (Å²) in [6.45, 7) is 5.16. The maximum absolute atomic E-state index is 12.3. The van der Waals surface area contributed by atoms with Gasteiger partial charge >= 0.3 is 16.3 Å². The van der Waals surface area contributed by atoms with Gasteiger partial charge in [-0.3, -0.25) is 0 Å². The molecular weight excluding hydrogens is 263 g/mol. The molecular formula is C10H15FN2O4S. The predicted octanol–water partition coefficient (Wildman–Crippen LogP) is 1.51. The number of aryl methyl sites for hydroxylation is 1. The molecule has 0 aliphatic heterocycles. The number of carbonyl (C=O) groups is 1. The molecule has 1 rings (SSSR count). The van der Waals surface area contributed by atoms with Crippen LogP contribution in [0, 0.1) is 0 Å². The molecule has 0 aliphatic rings. The highest BCUT2D eigenvalue weighted by atomic mass is 32.3. The van der Waals surface area contributed by atoms with Gasteiger partial charge in [-0.1, -0.05) is 0 Å². The van der Waals surface area contributed by atoms with E-state index >= 15 is 0 Å². The van der Waals surface area contributed by atoms with Crippen molar-refractivity contribution in [3.05, 3.63) is 18.2 Å². The summed E-state index contributed by atoms with van der Waals surface area (Å²) >= 11 is 0. The van der Waals surface area contributed by atoms with E-state index in [9.17, 15) is 17.1 Å². The summed E-state index contributed by atoms with van der Waals surface area (Å²) in [6, 6.07) is 0. The quantitative estimate of drug-likeness (QED) is 0.783. The second-order valence-corrected chi connectivity index (χ2v) is 6.23. The molecule has 0 amide bonds. The fraction of sp³-hybridized carbons (Fsp3) is 0.600. The number of halogens is 1. The molecule has 102 valence electrons. The topological polar surface area (TPSA) is 78.3 Å². The van der Waals surface area contributed by atoms with Crippen molar-refractivity contribution in [3.63, 3.8) is 0 Å². The molecule has 18 heavy (non-hydrogen) atoms. The molecule has 0 spiro atoms. The lowest BCUT2D eigenvalue weighted by Gasteiger charge is -2.19. The van der Waals surface area contributed by atoms with E-state index in [2.05, 4.69) is 4.98 Å². The molecule has 0 saturated heterocycles. The minimum Gasteiger partial charge on any atom is -0.443 e. The minimum atomic E-state index is -4.53. The van der Waals surface area contributed by atoms with Gasteiger partial charge in [-0.2, -0.15) is 8.42 Å². The van der Waals surface area contributed by atoms with Crippen LogP contribution >= 0.6 is 0 Å². The van der Waals surface area contributed by atoms with Gasteiger partial charge in [-0.15, -0.1) is 3.89 Å². The Bertz CT molecular complexity index is 530. The monoisotopic (exact) mass is 278 g/mol. The van der Waals surface area contributed by atoms with Gasteiger partial charge in [0.15, 0.2) is 0 Å². The maximum Gasteiger partial charge on any atom is 0.419 e. The van der Waals surface area contributed by atoms with E-state index in [4.69, 9.17) is 4.74 Å². The van der Waals surface area contributed by atoms with Crippen molar-refractivity contribution in [1.29, 1.82) is 0 Å². The first-order valence-electron chi connectivity index (χ1n) is 5.25. The van der Waals surface area contributed by atoms with E-state index in [0.717, 1.165) is 4.57 Å². The summed E-state index contributed by atoms with van der Waals surface area (Å²) in [4.78, 5) is 15.4. The van der Waals surface area contributed by atoms with Gasteiger partial charge in [-0.05, 0) is 20.8 Å². The average molecular weight is 278 g/mol. The number of ether oxygens (including phenoxy) is 1. The Morgan fingerprint density at radius 2 is 2.11 bits per heavy atom. The highest BCUT2D eigenvalue weighted by Gasteiger charge is 2.18. The third-order valence-electron chi connectivity index (χ3n) is 1.84. The lowest BCUT2D eigenvalue weighted by molar-refractivity contribution is 0.0536. The molecule has 0 aromatic carbocycles. The van der Waals surface area contributed by atoms with Gasteiger partial charge in [0.2, 0.25) is 0 Å². The molecule has 0 unspecified atom stereocenters. The maximum atomic E-state index is 12.3. The molecule has 1 aromatic heterocycles. The molecule has 0 N–H and O–H groups in total. The fourth-order valence-electron chi connectivity index (χ4n) is 1.13. The van der Waals surface area contributed by atoms with Gasteiger partial charge in [0.25, 0.3) is 0 Å². The number of aromatic nitrogens is 2. The lowest BCUT2D eigenvalue weighted by Crippen LogP contribution is -2.26. The van der Waals surface area contributed by atoms with Gasteiger partial charge < -0.3 is 4.74 Å². The molecule has 8 heteroatoms. The molecule has 6 nitrogen and oxygen atoms in total. The van der Waals surface area contributed by atoms with Crippen molar-refractivity contribution in [2.45, 2.75) is 32.8 Å². The van der Waals surface area contributed by atoms with Crippen LogP contribution in [0.4, 0.5) is 8.68 Å². The van der Waals surface area contributed by atoms with E-state index < -0.39 is 27.7 Å². The Morgan fingerprint density at radius 3 is 2.61 bits per heavy atom. The van der Waals surface area contributed by atoms with Gasteiger partial charge in [-0.25, -0.2) is 14.3 Å². The van der Waals surface area contributed by atoms with Gasteiger partial charge in [0.05, 0.1) is 11.4 Å². The van der Waals surface area contributed by atoms with Crippen LogP contribution in [0.25, 0.3) is 0 Å². The average Bonchev–Trinajstić information content (AvgIpc) is 2.58. The first kappa shape index (κ1) is 14.6. The summed E-state index contributed by atoms with van der Waals surface area (Å²) < 4.78 is 39.2. The van der Waals surface area contributed by atoms with Crippen LogP contribution in [0.15, 0.2) is 12.5 Å². The molecule has 1 aromatic rings. The highest BCUT2D eigenvalue weighted by molar-refractivity contribution is 7.86. The van der Waals surface area contributed by atoms with Gasteiger partial charge in [0.1, 0.15) is 11.9 Å². The Kier molecular flexibility index (Phi) is 4.10. The number of imidazole rings is 1. The lowest BCUT2D eigenvalue weighted by atomic mass is 10.2. The summed E-state index contributed by atoms with van der Waals surface area (Å²) in [7, 11) is -4.53.